The third-order valence-electron chi connectivity index (χ3n) is 11.2. The van der Waals surface area contributed by atoms with Gasteiger partial charge in [-0.25, -0.2) is 0 Å². The molecule has 2 aromatic rings. The summed E-state index contributed by atoms with van der Waals surface area (Å²) in [5.74, 6) is -2.80. The minimum absolute atomic E-state index is 0.000653. The number of unbranched alkanes of at least 4 members (excludes halogenated alkanes) is 2. The summed E-state index contributed by atoms with van der Waals surface area (Å²) in [5, 5.41) is 39.0. The summed E-state index contributed by atoms with van der Waals surface area (Å²) in [4.78, 5) is 33.1. The Morgan fingerprint density at radius 2 is 1.76 bits per heavy atom. The zero-order chi connectivity index (χ0) is 35.2. The van der Waals surface area contributed by atoms with E-state index in [1.165, 1.54) is 0 Å². The van der Waals surface area contributed by atoms with Crippen LogP contribution in [0, 0.1) is 28.6 Å². The first-order chi connectivity index (χ1) is 23.4. The first-order valence-electron chi connectivity index (χ1n) is 17.9. The Kier molecular flexibility index (Phi) is 9.70. The van der Waals surface area contributed by atoms with Gasteiger partial charge in [0.1, 0.15) is 17.1 Å². The van der Waals surface area contributed by atoms with Gasteiger partial charge < -0.3 is 24.2 Å². The van der Waals surface area contributed by atoms with Gasteiger partial charge in [0.05, 0.1) is 36.5 Å². The Hall–Kier alpha value is -3.72. The maximum absolute atomic E-state index is 14.6. The lowest BCUT2D eigenvalue weighted by molar-refractivity contribution is -0.142. The number of ketones is 2. The Morgan fingerprint density at radius 3 is 2.39 bits per heavy atom. The van der Waals surface area contributed by atoms with Crippen LogP contribution in [0.4, 0.5) is 0 Å². The molecule has 2 N–H and O–H groups in total. The molecule has 2 heterocycles. The molecule has 11 heteroatoms. The van der Waals surface area contributed by atoms with Gasteiger partial charge in [-0.05, 0) is 99.4 Å². The zero-order valence-corrected chi connectivity index (χ0v) is 29.7. The lowest BCUT2D eigenvalue weighted by Crippen LogP contribution is -2.63. The number of likely N-dealkylation sites (tertiary alicyclic amines) is 1. The van der Waals surface area contributed by atoms with Crippen LogP contribution in [0.2, 0.25) is 0 Å². The number of aliphatic hydroxyl groups excluding tert-OH is 1. The van der Waals surface area contributed by atoms with Crippen LogP contribution in [-0.2, 0) is 17.8 Å². The fourth-order valence-electron chi connectivity index (χ4n) is 8.22. The topological polar surface area (TPSA) is 149 Å². The SMILES string of the molecule is CCCCOc1cc(CN2CCC(C)(C)CC2)c(C#N)c2c1C(O)=C1C(=O)[C@]3(O)C(=O)c4c(OCCCC)noc4[C@@H](N(C)C)[C@@H]3C[C@@H]1C2. The van der Waals surface area contributed by atoms with Gasteiger partial charge in [0.15, 0.2) is 11.4 Å². The van der Waals surface area contributed by atoms with E-state index in [1.807, 2.05) is 17.9 Å². The Bertz CT molecular complexity index is 1690. The number of ether oxygens (including phenoxy) is 2. The normalized spacial score (nSPS) is 26.1. The highest BCUT2D eigenvalue weighted by Crippen LogP contribution is 2.56. The van der Waals surface area contributed by atoms with Gasteiger partial charge in [-0.1, -0.05) is 40.5 Å². The molecule has 0 amide bonds. The van der Waals surface area contributed by atoms with E-state index >= 15 is 0 Å². The van der Waals surface area contributed by atoms with E-state index in [-0.39, 0.29) is 46.8 Å². The number of benzene rings is 1. The molecular weight excluding hydrogens is 624 g/mol. The van der Waals surface area contributed by atoms with E-state index in [1.54, 1.807) is 14.1 Å². The Balaban J connectivity index is 1.45. The number of carbonyl (C=O) groups is 2. The first-order valence-corrected chi connectivity index (χ1v) is 17.9. The average molecular weight is 675 g/mol. The summed E-state index contributed by atoms with van der Waals surface area (Å²) < 4.78 is 17.8. The fourth-order valence-corrected chi connectivity index (χ4v) is 8.22. The van der Waals surface area contributed by atoms with Crippen LogP contribution >= 0.6 is 0 Å². The number of hydrogen-bond acceptors (Lipinski definition) is 11. The number of rotatable bonds is 11. The van der Waals surface area contributed by atoms with Crippen molar-refractivity contribution in [2.75, 3.05) is 40.4 Å². The van der Waals surface area contributed by atoms with Crippen LogP contribution in [0.25, 0.3) is 5.76 Å². The third-order valence-corrected chi connectivity index (χ3v) is 11.2. The third kappa shape index (κ3) is 5.96. The summed E-state index contributed by atoms with van der Waals surface area (Å²) in [6, 6.07) is 3.61. The lowest BCUT2D eigenvalue weighted by atomic mass is 9.57. The van der Waals surface area contributed by atoms with Crippen molar-refractivity contribution in [1.82, 2.24) is 15.0 Å². The van der Waals surface area contributed by atoms with Crippen molar-refractivity contribution in [2.45, 2.75) is 97.2 Å². The van der Waals surface area contributed by atoms with E-state index in [2.05, 4.69) is 36.9 Å². The molecule has 4 atom stereocenters. The van der Waals surface area contributed by atoms with Gasteiger partial charge in [0, 0.05) is 18.0 Å². The van der Waals surface area contributed by atoms with Crippen LogP contribution in [0.1, 0.15) is 117 Å². The molecule has 1 saturated carbocycles. The van der Waals surface area contributed by atoms with Crippen molar-refractivity contribution < 1.29 is 33.8 Å². The number of hydrogen-bond donors (Lipinski definition) is 2. The number of aliphatic hydroxyl groups is 2. The van der Waals surface area contributed by atoms with Crippen molar-refractivity contribution in [3.05, 3.63) is 45.2 Å². The molecule has 4 aliphatic rings. The van der Waals surface area contributed by atoms with E-state index in [0.29, 0.717) is 42.2 Å². The summed E-state index contributed by atoms with van der Waals surface area (Å²) >= 11 is 0. The highest BCUT2D eigenvalue weighted by Gasteiger charge is 2.65. The predicted molar refractivity (Wildman–Crippen MR) is 182 cm³/mol. The molecule has 1 aliphatic heterocycles. The van der Waals surface area contributed by atoms with Gasteiger partial charge in [-0.3, -0.25) is 19.4 Å². The second kappa shape index (κ2) is 13.5. The monoisotopic (exact) mass is 674 g/mol. The maximum atomic E-state index is 14.6. The van der Waals surface area contributed by atoms with E-state index in [9.17, 15) is 25.1 Å². The molecule has 1 saturated heterocycles. The molecular formula is C38H50N4O7. The second-order valence-corrected chi connectivity index (χ2v) is 15.3. The van der Waals surface area contributed by atoms with Crippen molar-refractivity contribution in [3.63, 3.8) is 0 Å². The van der Waals surface area contributed by atoms with Crippen LogP contribution in [0.15, 0.2) is 16.2 Å². The van der Waals surface area contributed by atoms with Gasteiger partial charge in [0.25, 0.3) is 5.88 Å². The van der Waals surface area contributed by atoms with Crippen LogP contribution in [0.5, 0.6) is 11.6 Å². The van der Waals surface area contributed by atoms with E-state index in [0.717, 1.165) is 57.2 Å². The summed E-state index contributed by atoms with van der Waals surface area (Å²) in [6.07, 6.45) is 5.89. The van der Waals surface area contributed by atoms with E-state index < -0.39 is 35.0 Å². The van der Waals surface area contributed by atoms with Gasteiger partial charge in [-0.2, -0.15) is 5.26 Å². The van der Waals surface area contributed by atoms with Crippen LogP contribution < -0.4 is 9.47 Å². The second-order valence-electron chi connectivity index (χ2n) is 15.3. The molecule has 0 unspecified atom stereocenters. The molecule has 1 aromatic heterocycles. The average Bonchev–Trinajstić information content (AvgIpc) is 3.47. The van der Waals surface area contributed by atoms with Gasteiger partial charge in [-0.15, -0.1) is 0 Å². The first kappa shape index (κ1) is 35.1. The summed E-state index contributed by atoms with van der Waals surface area (Å²) in [6.45, 7) is 11.8. The molecule has 2 fully saturated rings. The van der Waals surface area contributed by atoms with Crippen molar-refractivity contribution in [3.8, 4) is 17.7 Å². The Morgan fingerprint density at radius 1 is 1.08 bits per heavy atom. The molecule has 0 bridgehead atoms. The van der Waals surface area contributed by atoms with Gasteiger partial charge >= 0.3 is 0 Å². The quantitative estimate of drug-likeness (QED) is 0.220. The number of fused-ring (bicyclic) bond motifs is 4. The summed E-state index contributed by atoms with van der Waals surface area (Å²) in [7, 11) is 3.60. The molecule has 11 nitrogen and oxygen atoms in total. The molecule has 49 heavy (non-hydrogen) atoms. The standard InChI is InChI=1S/C38H50N4O7/c1-7-9-15-47-27-19-23(21-42-13-11-37(3,4)12-14-42)25(20-39)24-17-22-18-26-31(41(5)6)33-30(36(40-49-33)48-16-10-8-2)35(45)38(26,46)34(44)28(22)32(43)29(24)27/h19,22,26,31,43,46H,7-18,21H2,1-6H3/t22-,26-,31-,38-/m0/s1. The Labute approximate surface area is 288 Å². The lowest BCUT2D eigenvalue weighted by Gasteiger charge is -2.49. The highest BCUT2D eigenvalue weighted by molar-refractivity contribution is 6.26. The smallest absolute Gasteiger partial charge is 0.265 e. The van der Waals surface area contributed by atoms with Crippen molar-refractivity contribution >= 4 is 17.3 Å². The fraction of sp³-hybridized carbons (Fsp3) is 0.632. The highest BCUT2D eigenvalue weighted by atomic mass is 16.5. The number of aromatic nitrogens is 1. The largest absolute Gasteiger partial charge is 0.507 e. The van der Waals surface area contributed by atoms with Crippen molar-refractivity contribution in [2.24, 2.45) is 17.3 Å². The molecule has 264 valence electrons. The molecule has 3 aliphatic carbocycles. The zero-order valence-electron chi connectivity index (χ0n) is 29.7. The van der Waals surface area contributed by atoms with Crippen LogP contribution in [-0.4, -0.2) is 82.7 Å². The minimum atomic E-state index is -2.48. The van der Waals surface area contributed by atoms with Crippen molar-refractivity contribution in [1.29, 1.82) is 5.26 Å². The van der Waals surface area contributed by atoms with Gasteiger partial charge in [0.2, 0.25) is 11.6 Å². The predicted octanol–water partition coefficient (Wildman–Crippen LogP) is 5.79. The number of carbonyl (C=O) groups excluding carboxylic acids is 2. The minimum Gasteiger partial charge on any atom is -0.507 e. The van der Waals surface area contributed by atoms with E-state index in [4.69, 9.17) is 14.0 Å². The molecule has 6 rings (SSSR count). The molecule has 1 aromatic carbocycles. The number of Topliss-reactive ketones (excluding diaryl/α,β-unsaturated/α-hetero) is 2. The maximum Gasteiger partial charge on any atom is 0.265 e. The number of nitrogens with zero attached hydrogens (tertiary/aromatic N) is 4. The molecule has 0 spiro atoms. The van der Waals surface area contributed by atoms with Crippen LogP contribution in [0.3, 0.4) is 0 Å². The number of piperidine rings is 1. The molecule has 0 radical (unpaired) electrons. The number of nitriles is 1. The summed E-state index contributed by atoms with van der Waals surface area (Å²) in [5.41, 5.74) is 0.0427.